The normalized spacial score (nSPS) is 10.2. The minimum absolute atomic E-state index is 0.168. The molecule has 104 valence electrons. The Kier molecular flexibility index (Phi) is 4.00. The van der Waals surface area contributed by atoms with E-state index in [1.807, 2.05) is 0 Å². The van der Waals surface area contributed by atoms with Crippen molar-refractivity contribution in [3.63, 3.8) is 0 Å². The molecule has 0 radical (unpaired) electrons. The maximum Gasteiger partial charge on any atom is 0.256 e. The van der Waals surface area contributed by atoms with E-state index in [-0.39, 0.29) is 11.6 Å². The van der Waals surface area contributed by atoms with Gasteiger partial charge in [-0.2, -0.15) is 0 Å². The summed E-state index contributed by atoms with van der Waals surface area (Å²) in [4.78, 5) is 12.1. The molecule has 5 heteroatoms. The minimum atomic E-state index is -0.448. The molecule has 0 aromatic heterocycles. The van der Waals surface area contributed by atoms with Crippen LogP contribution in [-0.2, 0) is 0 Å². The van der Waals surface area contributed by atoms with Gasteiger partial charge in [-0.25, -0.2) is 4.39 Å². The van der Waals surface area contributed by atoms with E-state index in [1.54, 1.807) is 44.2 Å². The van der Waals surface area contributed by atoms with Crippen molar-refractivity contribution in [3.05, 3.63) is 58.9 Å². The van der Waals surface area contributed by atoms with E-state index in [1.165, 1.54) is 6.07 Å². The van der Waals surface area contributed by atoms with Crippen LogP contribution < -0.4 is 16.6 Å². The number of nitrogens with two attached hydrogens (primary N) is 1. The lowest BCUT2D eigenvalue weighted by atomic mass is 10.1. The number of amides is 1. The predicted octanol–water partition coefficient (Wildman–Crippen LogP) is 2.98. The Hall–Kier alpha value is -2.40. The van der Waals surface area contributed by atoms with Crippen LogP contribution in [0.2, 0.25) is 0 Å². The van der Waals surface area contributed by atoms with E-state index in [9.17, 15) is 9.18 Å². The molecule has 0 aliphatic heterocycles. The average molecular weight is 273 g/mol. The SMILES string of the molecule is Cc1ccc(NC(=O)c2ccc(NN)cc2C)c(F)c1. The number of hydrazine groups is 1. The molecule has 0 atom stereocenters. The molecular formula is C15H16FN3O. The zero-order chi connectivity index (χ0) is 14.7. The number of anilines is 2. The molecule has 0 aliphatic rings. The second-order valence-electron chi connectivity index (χ2n) is 4.61. The third kappa shape index (κ3) is 2.95. The number of nitrogen functional groups attached to an aromatic ring is 1. The van der Waals surface area contributed by atoms with E-state index >= 15 is 0 Å². The maximum absolute atomic E-state index is 13.7. The molecule has 2 aromatic rings. The Balaban J connectivity index is 2.24. The first-order chi connectivity index (χ1) is 9.51. The van der Waals surface area contributed by atoms with Crippen molar-refractivity contribution >= 4 is 17.3 Å². The molecule has 20 heavy (non-hydrogen) atoms. The molecule has 0 unspecified atom stereocenters. The number of carbonyl (C=O) groups is 1. The van der Waals surface area contributed by atoms with Crippen LogP contribution in [-0.4, -0.2) is 5.91 Å². The summed E-state index contributed by atoms with van der Waals surface area (Å²) >= 11 is 0. The number of rotatable bonds is 3. The van der Waals surface area contributed by atoms with E-state index in [0.29, 0.717) is 11.3 Å². The number of benzene rings is 2. The van der Waals surface area contributed by atoms with Crippen LogP contribution in [0, 0.1) is 19.7 Å². The lowest BCUT2D eigenvalue weighted by Crippen LogP contribution is -2.15. The maximum atomic E-state index is 13.7. The van der Waals surface area contributed by atoms with Crippen molar-refractivity contribution in [2.75, 3.05) is 10.7 Å². The van der Waals surface area contributed by atoms with E-state index in [0.717, 1.165) is 11.1 Å². The highest BCUT2D eigenvalue weighted by Crippen LogP contribution is 2.19. The van der Waals surface area contributed by atoms with Gasteiger partial charge in [-0.05, 0) is 55.3 Å². The number of aryl methyl sites for hydroxylation is 2. The molecule has 2 aromatic carbocycles. The second-order valence-corrected chi connectivity index (χ2v) is 4.61. The van der Waals surface area contributed by atoms with Crippen LogP contribution >= 0.6 is 0 Å². The summed E-state index contributed by atoms with van der Waals surface area (Å²) < 4.78 is 13.7. The van der Waals surface area contributed by atoms with Gasteiger partial charge in [-0.15, -0.1) is 0 Å². The standard InChI is InChI=1S/C15H16FN3O/c1-9-3-6-14(13(16)7-9)18-15(20)12-5-4-11(19-17)8-10(12)2/h3-8,19H,17H2,1-2H3,(H,18,20). The van der Waals surface area contributed by atoms with Crippen LogP contribution in [0.15, 0.2) is 36.4 Å². The van der Waals surface area contributed by atoms with Crippen LogP contribution in [0.3, 0.4) is 0 Å². The Morgan fingerprint density at radius 2 is 1.90 bits per heavy atom. The molecule has 4 N–H and O–H groups in total. The van der Waals surface area contributed by atoms with Gasteiger partial charge >= 0.3 is 0 Å². The van der Waals surface area contributed by atoms with Gasteiger partial charge in [-0.3, -0.25) is 10.6 Å². The Morgan fingerprint density at radius 1 is 1.15 bits per heavy atom. The quantitative estimate of drug-likeness (QED) is 0.595. The zero-order valence-electron chi connectivity index (χ0n) is 11.3. The Bertz CT molecular complexity index is 656. The molecule has 0 fully saturated rings. The van der Waals surface area contributed by atoms with Crippen molar-refractivity contribution in [1.82, 2.24) is 0 Å². The topological polar surface area (TPSA) is 67.2 Å². The molecule has 1 amide bonds. The van der Waals surface area contributed by atoms with Crippen molar-refractivity contribution in [2.45, 2.75) is 13.8 Å². The van der Waals surface area contributed by atoms with Crippen molar-refractivity contribution in [2.24, 2.45) is 5.84 Å². The Morgan fingerprint density at radius 3 is 2.50 bits per heavy atom. The summed E-state index contributed by atoms with van der Waals surface area (Å²) in [5.74, 6) is 4.50. The first-order valence-electron chi connectivity index (χ1n) is 6.16. The number of nitrogens with one attached hydrogen (secondary N) is 2. The lowest BCUT2D eigenvalue weighted by molar-refractivity contribution is 0.102. The lowest BCUT2D eigenvalue weighted by Gasteiger charge is -2.10. The summed E-state index contributed by atoms with van der Waals surface area (Å²) in [6.07, 6.45) is 0. The highest BCUT2D eigenvalue weighted by molar-refractivity contribution is 6.05. The number of hydrogen-bond acceptors (Lipinski definition) is 3. The van der Waals surface area contributed by atoms with Crippen LogP contribution in [0.1, 0.15) is 21.5 Å². The Labute approximate surface area is 116 Å². The van der Waals surface area contributed by atoms with Gasteiger partial charge in [0, 0.05) is 11.3 Å². The van der Waals surface area contributed by atoms with Crippen LogP contribution in [0.5, 0.6) is 0 Å². The van der Waals surface area contributed by atoms with Crippen molar-refractivity contribution in [3.8, 4) is 0 Å². The highest BCUT2D eigenvalue weighted by Gasteiger charge is 2.12. The smallest absolute Gasteiger partial charge is 0.256 e. The molecule has 0 aliphatic carbocycles. The molecule has 0 saturated carbocycles. The summed E-state index contributed by atoms with van der Waals surface area (Å²) in [6, 6.07) is 9.75. The third-order valence-electron chi connectivity index (χ3n) is 3.01. The summed E-state index contributed by atoms with van der Waals surface area (Å²) in [7, 11) is 0. The molecule has 2 rings (SSSR count). The molecule has 0 heterocycles. The second kappa shape index (κ2) is 5.71. The number of hydrogen-bond donors (Lipinski definition) is 3. The fraction of sp³-hybridized carbons (Fsp3) is 0.133. The fourth-order valence-corrected chi connectivity index (χ4v) is 1.92. The van der Waals surface area contributed by atoms with Gasteiger partial charge in [0.1, 0.15) is 5.82 Å². The van der Waals surface area contributed by atoms with Crippen molar-refractivity contribution in [1.29, 1.82) is 0 Å². The van der Waals surface area contributed by atoms with Gasteiger partial charge in [0.05, 0.1) is 5.69 Å². The summed E-state index contributed by atoms with van der Waals surface area (Å²) in [5.41, 5.74) is 5.42. The van der Waals surface area contributed by atoms with Gasteiger partial charge in [0.15, 0.2) is 0 Å². The van der Waals surface area contributed by atoms with Gasteiger partial charge in [0.2, 0.25) is 0 Å². The largest absolute Gasteiger partial charge is 0.324 e. The van der Waals surface area contributed by atoms with Gasteiger partial charge < -0.3 is 10.7 Å². The third-order valence-corrected chi connectivity index (χ3v) is 3.01. The zero-order valence-corrected chi connectivity index (χ0v) is 11.3. The van der Waals surface area contributed by atoms with E-state index < -0.39 is 5.82 Å². The van der Waals surface area contributed by atoms with Gasteiger partial charge in [-0.1, -0.05) is 6.07 Å². The average Bonchev–Trinajstić information content (AvgIpc) is 2.41. The number of halogens is 1. The molecule has 0 bridgehead atoms. The predicted molar refractivity (Wildman–Crippen MR) is 78.1 cm³/mol. The fourth-order valence-electron chi connectivity index (χ4n) is 1.92. The first-order valence-corrected chi connectivity index (χ1v) is 6.16. The summed E-state index contributed by atoms with van der Waals surface area (Å²) in [6.45, 7) is 3.58. The number of carbonyl (C=O) groups excluding carboxylic acids is 1. The van der Waals surface area contributed by atoms with Crippen molar-refractivity contribution < 1.29 is 9.18 Å². The molecule has 4 nitrogen and oxygen atoms in total. The molecule has 0 saturated heterocycles. The minimum Gasteiger partial charge on any atom is -0.324 e. The van der Waals surface area contributed by atoms with E-state index in [2.05, 4.69) is 10.7 Å². The van der Waals surface area contributed by atoms with Crippen LogP contribution in [0.4, 0.5) is 15.8 Å². The summed E-state index contributed by atoms with van der Waals surface area (Å²) in [5, 5.41) is 2.57. The molecule has 0 spiro atoms. The highest BCUT2D eigenvalue weighted by atomic mass is 19.1. The van der Waals surface area contributed by atoms with Gasteiger partial charge in [0.25, 0.3) is 5.91 Å². The van der Waals surface area contributed by atoms with Crippen LogP contribution in [0.25, 0.3) is 0 Å². The molecular weight excluding hydrogens is 257 g/mol. The van der Waals surface area contributed by atoms with E-state index in [4.69, 9.17) is 5.84 Å². The monoisotopic (exact) mass is 273 g/mol. The first kappa shape index (κ1) is 14.0.